The predicted octanol–water partition coefficient (Wildman–Crippen LogP) is 4.24. The molecule has 2 rings (SSSR count). The third-order valence-corrected chi connectivity index (χ3v) is 4.87. The average molecular weight is 391 g/mol. The molecule has 0 bridgehead atoms. The topological polar surface area (TPSA) is 49.4 Å². The zero-order chi connectivity index (χ0) is 19.9. The summed E-state index contributed by atoms with van der Waals surface area (Å²) < 4.78 is 13.3. The summed E-state index contributed by atoms with van der Waals surface area (Å²) >= 11 is 5.81. The van der Waals surface area contributed by atoms with Crippen LogP contribution in [0.25, 0.3) is 0 Å². The Morgan fingerprint density at radius 1 is 1.07 bits per heavy atom. The number of amides is 2. The first-order valence-corrected chi connectivity index (χ1v) is 9.35. The third kappa shape index (κ3) is 5.79. The highest BCUT2D eigenvalue weighted by atomic mass is 35.5. The summed E-state index contributed by atoms with van der Waals surface area (Å²) in [6.07, 6.45) is 0.556. The lowest BCUT2D eigenvalue weighted by molar-refractivity contribution is -0.128. The van der Waals surface area contributed by atoms with E-state index in [9.17, 15) is 14.0 Å². The van der Waals surface area contributed by atoms with Crippen LogP contribution in [0.15, 0.2) is 54.6 Å². The molecule has 0 unspecified atom stereocenters. The molecule has 0 fully saturated rings. The molecule has 0 saturated carbocycles. The molecule has 2 amide bonds. The first-order chi connectivity index (χ1) is 12.8. The van der Waals surface area contributed by atoms with Gasteiger partial charge in [0.15, 0.2) is 0 Å². The van der Waals surface area contributed by atoms with Crippen LogP contribution >= 0.6 is 11.6 Å². The molecule has 0 saturated heterocycles. The minimum Gasteiger partial charge on any atom is -0.356 e. The predicted molar refractivity (Wildman–Crippen MR) is 107 cm³/mol. The van der Waals surface area contributed by atoms with E-state index in [1.165, 1.54) is 12.1 Å². The molecular formula is C21H24ClFN2O2. The Balaban J connectivity index is 2.06. The monoisotopic (exact) mass is 390 g/mol. The highest BCUT2D eigenvalue weighted by molar-refractivity contribution is 6.19. The highest BCUT2D eigenvalue weighted by Gasteiger charge is 2.26. The molecule has 4 nitrogen and oxygen atoms in total. The molecular weight excluding hydrogens is 367 g/mol. The van der Waals surface area contributed by atoms with Crippen LogP contribution in [-0.2, 0) is 4.79 Å². The number of hydrogen-bond acceptors (Lipinski definition) is 2. The fourth-order valence-corrected chi connectivity index (χ4v) is 2.57. The van der Waals surface area contributed by atoms with Gasteiger partial charge in [0.1, 0.15) is 5.82 Å². The normalized spacial score (nSPS) is 11.1. The summed E-state index contributed by atoms with van der Waals surface area (Å²) in [5, 5.41) is 2.85. The number of nitrogens with zero attached hydrogens (tertiary/aromatic N) is 1. The quantitative estimate of drug-likeness (QED) is 0.541. The second kappa shape index (κ2) is 9.51. The number of nitrogens with one attached hydrogen (secondary N) is 1. The van der Waals surface area contributed by atoms with Crippen LogP contribution in [0, 0.1) is 11.2 Å². The zero-order valence-electron chi connectivity index (χ0n) is 15.5. The van der Waals surface area contributed by atoms with Gasteiger partial charge >= 0.3 is 0 Å². The minimum absolute atomic E-state index is 0.125. The maximum atomic E-state index is 13.3. The molecule has 2 aromatic rings. The van der Waals surface area contributed by atoms with E-state index in [1.54, 1.807) is 55.1 Å². The van der Waals surface area contributed by atoms with Crippen molar-refractivity contribution in [2.75, 3.05) is 23.9 Å². The lowest BCUT2D eigenvalue weighted by Crippen LogP contribution is -2.40. The minimum atomic E-state index is -0.641. The molecule has 144 valence electrons. The zero-order valence-corrected chi connectivity index (χ0v) is 16.3. The molecule has 0 heterocycles. The van der Waals surface area contributed by atoms with Crippen molar-refractivity contribution in [3.63, 3.8) is 0 Å². The molecule has 0 aliphatic rings. The van der Waals surface area contributed by atoms with Crippen molar-refractivity contribution in [1.82, 2.24) is 5.32 Å². The van der Waals surface area contributed by atoms with Crippen LogP contribution in [0.5, 0.6) is 0 Å². The first-order valence-electron chi connectivity index (χ1n) is 8.82. The molecule has 27 heavy (non-hydrogen) atoms. The van der Waals surface area contributed by atoms with Crippen molar-refractivity contribution in [2.45, 2.75) is 20.3 Å². The van der Waals surface area contributed by atoms with Crippen LogP contribution in [0.2, 0.25) is 0 Å². The van der Waals surface area contributed by atoms with Crippen LogP contribution in [0.1, 0.15) is 30.6 Å². The Kier molecular flexibility index (Phi) is 7.36. The number of carbonyl (C=O) groups excluding carboxylic acids is 2. The van der Waals surface area contributed by atoms with Crippen molar-refractivity contribution >= 4 is 29.1 Å². The van der Waals surface area contributed by atoms with Gasteiger partial charge in [-0.15, -0.1) is 11.6 Å². The molecule has 0 aliphatic carbocycles. The van der Waals surface area contributed by atoms with E-state index >= 15 is 0 Å². The molecule has 0 atom stereocenters. The lowest BCUT2D eigenvalue weighted by atomic mass is 9.95. The first kappa shape index (κ1) is 20.9. The summed E-state index contributed by atoms with van der Waals surface area (Å²) in [6, 6.07) is 14.7. The van der Waals surface area contributed by atoms with Gasteiger partial charge in [-0.3, -0.25) is 9.59 Å². The lowest BCUT2D eigenvalue weighted by Gasteiger charge is -2.24. The van der Waals surface area contributed by atoms with Gasteiger partial charge in [0.25, 0.3) is 5.91 Å². The Morgan fingerprint density at radius 2 is 1.70 bits per heavy atom. The van der Waals surface area contributed by atoms with Crippen molar-refractivity contribution in [2.24, 2.45) is 5.41 Å². The van der Waals surface area contributed by atoms with Gasteiger partial charge in [0.05, 0.1) is 5.41 Å². The van der Waals surface area contributed by atoms with E-state index in [1.807, 2.05) is 6.07 Å². The van der Waals surface area contributed by atoms with Crippen LogP contribution < -0.4 is 10.2 Å². The molecule has 0 radical (unpaired) electrons. The fraction of sp³-hybridized carbons (Fsp3) is 0.333. The maximum absolute atomic E-state index is 13.3. The molecule has 6 heteroatoms. The van der Waals surface area contributed by atoms with Crippen molar-refractivity contribution in [3.05, 3.63) is 66.0 Å². The molecule has 0 spiro atoms. The number of halogens is 2. The van der Waals surface area contributed by atoms with Gasteiger partial charge in [0.2, 0.25) is 5.91 Å². The average Bonchev–Trinajstić information content (AvgIpc) is 2.69. The third-order valence-electron chi connectivity index (χ3n) is 4.20. The van der Waals surface area contributed by atoms with Gasteiger partial charge in [-0.05, 0) is 56.7 Å². The Morgan fingerprint density at radius 3 is 2.30 bits per heavy atom. The van der Waals surface area contributed by atoms with Crippen LogP contribution in [0.4, 0.5) is 10.1 Å². The molecule has 0 aliphatic heterocycles. The van der Waals surface area contributed by atoms with Gasteiger partial charge in [-0.2, -0.15) is 0 Å². The SMILES string of the molecule is CC(C)(CCl)C(=O)NCCCN(C(=O)c1ccccc1)c1ccc(F)cc1. The van der Waals surface area contributed by atoms with Crippen LogP contribution in [-0.4, -0.2) is 30.8 Å². The van der Waals surface area contributed by atoms with E-state index < -0.39 is 5.41 Å². The van der Waals surface area contributed by atoms with Gasteiger partial charge < -0.3 is 10.2 Å². The van der Waals surface area contributed by atoms with Gasteiger partial charge in [-0.25, -0.2) is 4.39 Å². The van der Waals surface area contributed by atoms with E-state index in [4.69, 9.17) is 11.6 Å². The molecule has 2 aromatic carbocycles. The number of hydrogen-bond donors (Lipinski definition) is 1. The maximum Gasteiger partial charge on any atom is 0.258 e. The summed E-state index contributed by atoms with van der Waals surface area (Å²) in [4.78, 5) is 26.6. The van der Waals surface area contributed by atoms with Crippen molar-refractivity contribution in [1.29, 1.82) is 0 Å². The molecule has 1 N–H and O–H groups in total. The number of carbonyl (C=O) groups is 2. The van der Waals surface area contributed by atoms with E-state index in [-0.39, 0.29) is 23.5 Å². The standard InChI is InChI=1S/C21H24ClFN2O2/c1-21(2,15-22)20(27)24-13-6-14-25(18-11-9-17(23)10-12-18)19(26)16-7-4-3-5-8-16/h3-5,7-12H,6,13-15H2,1-2H3,(H,24,27). The second-order valence-electron chi connectivity index (χ2n) is 6.93. The number of anilines is 1. The molecule has 0 aromatic heterocycles. The van der Waals surface area contributed by atoms with Crippen molar-refractivity contribution < 1.29 is 14.0 Å². The number of rotatable bonds is 8. The number of benzene rings is 2. The smallest absolute Gasteiger partial charge is 0.258 e. The summed E-state index contributed by atoms with van der Waals surface area (Å²) in [5.41, 5.74) is 0.518. The Hall–Kier alpha value is -2.40. The number of alkyl halides is 1. The summed E-state index contributed by atoms with van der Waals surface area (Å²) in [6.45, 7) is 4.36. The van der Waals surface area contributed by atoms with Gasteiger partial charge in [0, 0.05) is 30.2 Å². The summed E-state index contributed by atoms with van der Waals surface area (Å²) in [7, 11) is 0. The fourth-order valence-electron chi connectivity index (χ4n) is 2.44. The second-order valence-corrected chi connectivity index (χ2v) is 7.19. The Bertz CT molecular complexity index is 764. The van der Waals surface area contributed by atoms with E-state index in [2.05, 4.69) is 5.32 Å². The van der Waals surface area contributed by atoms with Crippen molar-refractivity contribution in [3.8, 4) is 0 Å². The van der Waals surface area contributed by atoms with E-state index in [0.29, 0.717) is 30.8 Å². The van der Waals surface area contributed by atoms with Gasteiger partial charge in [-0.1, -0.05) is 18.2 Å². The summed E-state index contributed by atoms with van der Waals surface area (Å²) in [5.74, 6) is -0.427. The highest BCUT2D eigenvalue weighted by Crippen LogP contribution is 2.19. The Labute approximate surface area is 164 Å². The van der Waals surface area contributed by atoms with E-state index in [0.717, 1.165) is 0 Å². The largest absolute Gasteiger partial charge is 0.356 e. The van der Waals surface area contributed by atoms with Crippen LogP contribution in [0.3, 0.4) is 0 Å².